The quantitative estimate of drug-likeness (QED) is 0.627. The van der Waals surface area contributed by atoms with E-state index in [1.54, 1.807) is 24.3 Å². The summed E-state index contributed by atoms with van der Waals surface area (Å²) in [5, 5.41) is 11.8. The highest BCUT2D eigenvalue weighted by Gasteiger charge is 2.34. The lowest BCUT2D eigenvalue weighted by molar-refractivity contribution is -0.143. The summed E-state index contributed by atoms with van der Waals surface area (Å²) in [7, 11) is 1.28. The molecule has 8 heteroatoms. The van der Waals surface area contributed by atoms with Gasteiger partial charge in [0, 0.05) is 17.6 Å². The maximum atomic E-state index is 12.4. The van der Waals surface area contributed by atoms with Crippen LogP contribution < -0.4 is 10.1 Å². The van der Waals surface area contributed by atoms with Gasteiger partial charge in [-0.25, -0.2) is 4.79 Å². The molecule has 0 saturated heterocycles. The Kier molecular flexibility index (Phi) is 6.97. The van der Waals surface area contributed by atoms with Gasteiger partial charge in [-0.05, 0) is 37.6 Å². The molecule has 26 heavy (non-hydrogen) atoms. The van der Waals surface area contributed by atoms with Gasteiger partial charge >= 0.3 is 11.9 Å². The van der Waals surface area contributed by atoms with Crippen LogP contribution in [0.4, 0.5) is 0 Å². The minimum absolute atomic E-state index is 0.0153. The highest BCUT2D eigenvalue weighted by atomic mass is 16.6. The van der Waals surface area contributed by atoms with E-state index in [2.05, 4.69) is 10.1 Å². The molecule has 0 aromatic heterocycles. The van der Waals surface area contributed by atoms with Gasteiger partial charge in [-0.15, -0.1) is 0 Å². The van der Waals surface area contributed by atoms with Gasteiger partial charge in [-0.2, -0.15) is 0 Å². The number of hydrogen-bond acceptors (Lipinski definition) is 6. The number of aliphatic carboxylic acids is 1. The Morgan fingerprint density at radius 2 is 2.04 bits per heavy atom. The van der Waals surface area contributed by atoms with Crippen LogP contribution >= 0.6 is 0 Å². The first kappa shape index (κ1) is 19.7. The Balaban J connectivity index is 1.83. The van der Waals surface area contributed by atoms with Gasteiger partial charge in [-0.1, -0.05) is 13.0 Å². The topological polar surface area (TPSA) is 105 Å². The maximum absolute atomic E-state index is 12.4. The van der Waals surface area contributed by atoms with Crippen LogP contribution in [0.25, 0.3) is 0 Å². The smallest absolute Gasteiger partial charge is 0.343 e. The lowest BCUT2D eigenvalue weighted by atomic mass is 9.85. The molecular weight excluding hydrogens is 340 g/mol. The molecule has 0 heterocycles. The first-order valence-corrected chi connectivity index (χ1v) is 8.49. The van der Waals surface area contributed by atoms with Crippen molar-refractivity contribution in [1.29, 1.82) is 0 Å². The predicted molar refractivity (Wildman–Crippen MR) is 93.1 cm³/mol. The summed E-state index contributed by atoms with van der Waals surface area (Å²) < 4.78 is 9.78. The lowest BCUT2D eigenvalue weighted by Gasteiger charge is -2.42. The molecule has 1 aromatic rings. The van der Waals surface area contributed by atoms with Crippen molar-refractivity contribution in [2.75, 3.05) is 26.8 Å². The fourth-order valence-electron chi connectivity index (χ4n) is 2.87. The second kappa shape index (κ2) is 9.19. The monoisotopic (exact) mass is 364 g/mol. The van der Waals surface area contributed by atoms with E-state index in [0.29, 0.717) is 17.9 Å². The summed E-state index contributed by atoms with van der Waals surface area (Å²) in [5.74, 6) is -1.16. The zero-order valence-electron chi connectivity index (χ0n) is 14.9. The van der Waals surface area contributed by atoms with E-state index >= 15 is 0 Å². The highest BCUT2D eigenvalue weighted by molar-refractivity contribution is 5.94. The number of amides is 1. The molecule has 0 atom stereocenters. The summed E-state index contributed by atoms with van der Waals surface area (Å²) in [4.78, 5) is 36.2. The Hall–Kier alpha value is -2.61. The third kappa shape index (κ3) is 5.45. The number of hydrogen-bond donors (Lipinski definition) is 2. The van der Waals surface area contributed by atoms with E-state index in [0.717, 1.165) is 12.8 Å². The second-order valence-corrected chi connectivity index (χ2v) is 6.15. The first-order chi connectivity index (χ1) is 12.4. The van der Waals surface area contributed by atoms with Crippen LogP contribution in [0, 0.1) is 0 Å². The average Bonchev–Trinajstić information content (AvgIpc) is 2.60. The van der Waals surface area contributed by atoms with Gasteiger partial charge in [-0.3, -0.25) is 14.5 Å². The number of ether oxygens (including phenoxy) is 2. The Morgan fingerprint density at radius 3 is 2.65 bits per heavy atom. The number of likely N-dealkylation sites (N-methyl/N-ethyl adjacent to an activating group) is 1. The van der Waals surface area contributed by atoms with E-state index in [1.807, 2.05) is 11.8 Å². The van der Waals surface area contributed by atoms with Crippen molar-refractivity contribution in [3.05, 3.63) is 29.8 Å². The third-order valence-electron chi connectivity index (χ3n) is 4.39. The molecule has 1 aliphatic carbocycles. The normalized spacial score (nSPS) is 18.7. The summed E-state index contributed by atoms with van der Waals surface area (Å²) in [6.07, 6.45) is 1.46. The second-order valence-electron chi connectivity index (χ2n) is 6.15. The zero-order chi connectivity index (χ0) is 19.1. The van der Waals surface area contributed by atoms with Crippen molar-refractivity contribution in [3.8, 4) is 5.75 Å². The average molecular weight is 364 g/mol. The molecule has 0 aliphatic heterocycles. The summed E-state index contributed by atoms with van der Waals surface area (Å²) in [6.45, 7) is 2.38. The fourth-order valence-corrected chi connectivity index (χ4v) is 2.87. The van der Waals surface area contributed by atoms with E-state index in [9.17, 15) is 14.4 Å². The first-order valence-electron chi connectivity index (χ1n) is 8.49. The van der Waals surface area contributed by atoms with Crippen molar-refractivity contribution >= 4 is 17.8 Å². The molecule has 2 rings (SSSR count). The van der Waals surface area contributed by atoms with Crippen molar-refractivity contribution in [2.45, 2.75) is 31.8 Å². The SMILES string of the molecule is CCN(CC(=O)O)C1CC(NC(=O)c2cccc(OCC(=O)OC)c2)C1. The van der Waals surface area contributed by atoms with Gasteiger partial charge in [0.2, 0.25) is 0 Å². The number of methoxy groups -OCH3 is 1. The third-order valence-corrected chi connectivity index (χ3v) is 4.39. The fraction of sp³-hybridized carbons (Fsp3) is 0.500. The van der Waals surface area contributed by atoms with Crippen LogP contribution in [-0.2, 0) is 14.3 Å². The van der Waals surface area contributed by atoms with Crippen molar-refractivity contribution in [3.63, 3.8) is 0 Å². The van der Waals surface area contributed by atoms with Gasteiger partial charge in [0.25, 0.3) is 5.91 Å². The number of esters is 1. The van der Waals surface area contributed by atoms with Gasteiger partial charge < -0.3 is 19.9 Å². The molecule has 8 nitrogen and oxygen atoms in total. The molecule has 0 bridgehead atoms. The predicted octanol–water partition coefficient (Wildman–Crippen LogP) is 0.906. The van der Waals surface area contributed by atoms with Gasteiger partial charge in [0.05, 0.1) is 13.7 Å². The minimum atomic E-state index is -0.844. The summed E-state index contributed by atoms with van der Waals surface area (Å²) in [6, 6.07) is 6.77. The molecule has 1 amide bonds. The van der Waals surface area contributed by atoms with Crippen LogP contribution in [-0.4, -0.2) is 66.7 Å². The van der Waals surface area contributed by atoms with Crippen molar-refractivity contribution in [2.24, 2.45) is 0 Å². The standard InChI is InChI=1S/C18H24N2O6/c1-3-20(10-16(21)22)14-8-13(9-14)19-18(24)12-5-4-6-15(7-12)26-11-17(23)25-2/h4-7,13-14H,3,8-11H2,1-2H3,(H,19,24)(H,21,22). The number of nitrogens with zero attached hydrogens (tertiary/aromatic N) is 1. The van der Waals surface area contributed by atoms with Crippen LogP contribution in [0.2, 0.25) is 0 Å². The minimum Gasteiger partial charge on any atom is -0.482 e. The number of benzene rings is 1. The van der Waals surface area contributed by atoms with Gasteiger partial charge in [0.15, 0.2) is 6.61 Å². The van der Waals surface area contributed by atoms with E-state index < -0.39 is 11.9 Å². The molecule has 0 radical (unpaired) electrons. The van der Waals surface area contributed by atoms with Crippen LogP contribution in [0.5, 0.6) is 5.75 Å². The van der Waals surface area contributed by atoms with E-state index in [-0.39, 0.29) is 31.1 Å². The number of carboxylic acids is 1. The zero-order valence-corrected chi connectivity index (χ0v) is 14.9. The van der Waals surface area contributed by atoms with Crippen LogP contribution in [0.3, 0.4) is 0 Å². The van der Waals surface area contributed by atoms with Gasteiger partial charge in [0.1, 0.15) is 5.75 Å². The number of rotatable bonds is 9. The summed E-state index contributed by atoms with van der Waals surface area (Å²) in [5.41, 5.74) is 0.439. The Labute approximate surface area is 152 Å². The Bertz CT molecular complexity index is 657. The molecule has 1 aromatic carbocycles. The number of carboxylic acid groups (broad SMARTS) is 1. The van der Waals surface area contributed by atoms with E-state index in [1.165, 1.54) is 7.11 Å². The van der Waals surface area contributed by atoms with Crippen LogP contribution in [0.15, 0.2) is 24.3 Å². The summed E-state index contributed by atoms with van der Waals surface area (Å²) >= 11 is 0. The molecule has 0 spiro atoms. The van der Waals surface area contributed by atoms with Crippen molar-refractivity contribution in [1.82, 2.24) is 10.2 Å². The maximum Gasteiger partial charge on any atom is 0.343 e. The molecule has 0 unspecified atom stereocenters. The molecule has 1 fully saturated rings. The molecule has 2 N–H and O–H groups in total. The number of carbonyl (C=O) groups excluding carboxylic acids is 2. The Morgan fingerprint density at radius 1 is 1.31 bits per heavy atom. The van der Waals surface area contributed by atoms with Crippen molar-refractivity contribution < 1.29 is 29.0 Å². The van der Waals surface area contributed by atoms with Crippen LogP contribution in [0.1, 0.15) is 30.1 Å². The highest BCUT2D eigenvalue weighted by Crippen LogP contribution is 2.26. The molecule has 1 saturated carbocycles. The molecule has 142 valence electrons. The number of nitrogens with one attached hydrogen (secondary N) is 1. The molecular formula is C18H24N2O6. The lowest BCUT2D eigenvalue weighted by Crippen LogP contribution is -2.54. The largest absolute Gasteiger partial charge is 0.482 e. The molecule has 1 aliphatic rings. The van der Waals surface area contributed by atoms with E-state index in [4.69, 9.17) is 9.84 Å². The number of carbonyl (C=O) groups is 3.